The fraction of sp³-hybridized carbons (Fsp3) is 0.533. The molecule has 0 spiro atoms. The van der Waals surface area contributed by atoms with Crippen molar-refractivity contribution in [3.05, 3.63) is 34.9 Å². The van der Waals surface area contributed by atoms with Crippen LogP contribution in [0.4, 0.5) is 0 Å². The summed E-state index contributed by atoms with van der Waals surface area (Å²) in [5, 5.41) is 3.14. The monoisotopic (exact) mass is 231 g/mol. The Morgan fingerprint density at radius 2 is 2.12 bits per heavy atom. The fourth-order valence-electron chi connectivity index (χ4n) is 2.74. The van der Waals surface area contributed by atoms with Gasteiger partial charge < -0.3 is 5.32 Å². The molecule has 0 amide bonds. The Hall–Kier alpha value is -1.15. The standard InChI is InChI=1S/C15H21NO/c1-5-10-6-7-12-11(8-10)14(17)13(16-4)9-15(12,2)3/h6-8,13,16H,5,9H2,1-4H3. The summed E-state index contributed by atoms with van der Waals surface area (Å²) in [4.78, 5) is 12.3. The van der Waals surface area contributed by atoms with Gasteiger partial charge in [-0.25, -0.2) is 0 Å². The average molecular weight is 231 g/mol. The van der Waals surface area contributed by atoms with Crippen LogP contribution in [-0.2, 0) is 11.8 Å². The zero-order chi connectivity index (χ0) is 12.6. The zero-order valence-electron chi connectivity index (χ0n) is 11.1. The minimum atomic E-state index is -0.0374. The van der Waals surface area contributed by atoms with Crippen LogP contribution in [0.5, 0.6) is 0 Å². The van der Waals surface area contributed by atoms with Crippen molar-refractivity contribution in [3.63, 3.8) is 0 Å². The molecule has 0 bridgehead atoms. The Morgan fingerprint density at radius 3 is 2.71 bits per heavy atom. The number of hydrogen-bond donors (Lipinski definition) is 1. The first kappa shape index (κ1) is 12.3. The maximum absolute atomic E-state index is 12.3. The third-order valence-electron chi connectivity index (χ3n) is 3.87. The Balaban J connectivity index is 2.56. The van der Waals surface area contributed by atoms with Crippen molar-refractivity contribution in [3.8, 4) is 0 Å². The molecule has 1 atom stereocenters. The van der Waals surface area contributed by atoms with E-state index in [2.05, 4.69) is 44.3 Å². The molecule has 2 heteroatoms. The van der Waals surface area contributed by atoms with Gasteiger partial charge in [0.05, 0.1) is 6.04 Å². The molecule has 0 fully saturated rings. The molecule has 92 valence electrons. The van der Waals surface area contributed by atoms with E-state index in [1.165, 1.54) is 11.1 Å². The third-order valence-corrected chi connectivity index (χ3v) is 3.87. The first-order chi connectivity index (χ1) is 7.99. The molecular formula is C15H21NO. The molecule has 0 saturated heterocycles. The van der Waals surface area contributed by atoms with E-state index in [9.17, 15) is 4.79 Å². The molecule has 1 N–H and O–H groups in total. The zero-order valence-corrected chi connectivity index (χ0v) is 11.1. The molecule has 1 aliphatic carbocycles. The maximum Gasteiger partial charge on any atom is 0.180 e. The molecule has 1 unspecified atom stereocenters. The minimum Gasteiger partial charge on any atom is -0.310 e. The van der Waals surface area contributed by atoms with Gasteiger partial charge >= 0.3 is 0 Å². The molecule has 0 heterocycles. The highest BCUT2D eigenvalue weighted by atomic mass is 16.1. The lowest BCUT2D eigenvalue weighted by Gasteiger charge is -2.36. The van der Waals surface area contributed by atoms with E-state index in [0.29, 0.717) is 0 Å². The predicted molar refractivity (Wildman–Crippen MR) is 70.6 cm³/mol. The fourth-order valence-corrected chi connectivity index (χ4v) is 2.74. The second-order valence-electron chi connectivity index (χ2n) is 5.53. The molecular weight excluding hydrogens is 210 g/mol. The normalized spacial score (nSPS) is 22.4. The van der Waals surface area contributed by atoms with Gasteiger partial charge in [0, 0.05) is 5.56 Å². The van der Waals surface area contributed by atoms with Crippen LogP contribution in [0.3, 0.4) is 0 Å². The SMILES string of the molecule is CCc1ccc2c(c1)C(=O)C(NC)CC2(C)C. The lowest BCUT2D eigenvalue weighted by molar-refractivity contribution is 0.0910. The highest BCUT2D eigenvalue weighted by molar-refractivity contribution is 6.03. The number of likely N-dealkylation sites (N-methyl/N-ethyl adjacent to an activating group) is 1. The number of carbonyl (C=O) groups excluding carboxylic acids is 1. The Morgan fingerprint density at radius 1 is 1.41 bits per heavy atom. The quantitative estimate of drug-likeness (QED) is 0.848. The van der Waals surface area contributed by atoms with Gasteiger partial charge in [-0.1, -0.05) is 32.9 Å². The van der Waals surface area contributed by atoms with Gasteiger partial charge in [0.1, 0.15) is 0 Å². The Bertz CT molecular complexity index is 448. The summed E-state index contributed by atoms with van der Waals surface area (Å²) in [6, 6.07) is 6.32. The van der Waals surface area contributed by atoms with E-state index in [4.69, 9.17) is 0 Å². The summed E-state index contributed by atoms with van der Waals surface area (Å²) >= 11 is 0. The summed E-state index contributed by atoms with van der Waals surface area (Å²) in [5.74, 6) is 0.247. The van der Waals surface area contributed by atoms with Crippen molar-refractivity contribution < 1.29 is 4.79 Å². The number of fused-ring (bicyclic) bond motifs is 1. The number of nitrogens with one attached hydrogen (secondary N) is 1. The molecule has 17 heavy (non-hydrogen) atoms. The van der Waals surface area contributed by atoms with E-state index >= 15 is 0 Å². The van der Waals surface area contributed by atoms with Crippen LogP contribution < -0.4 is 5.32 Å². The van der Waals surface area contributed by atoms with E-state index in [1.54, 1.807) is 0 Å². The minimum absolute atomic E-state index is 0.0374. The van der Waals surface area contributed by atoms with Crippen molar-refractivity contribution in [2.24, 2.45) is 0 Å². The van der Waals surface area contributed by atoms with E-state index in [-0.39, 0.29) is 17.2 Å². The molecule has 2 nitrogen and oxygen atoms in total. The van der Waals surface area contributed by atoms with Crippen molar-refractivity contribution in [2.45, 2.75) is 45.1 Å². The van der Waals surface area contributed by atoms with Crippen LogP contribution >= 0.6 is 0 Å². The van der Waals surface area contributed by atoms with Crippen LogP contribution in [0, 0.1) is 0 Å². The molecule has 2 rings (SSSR count). The molecule has 0 aromatic heterocycles. The summed E-state index contributed by atoms with van der Waals surface area (Å²) in [6.07, 6.45) is 1.85. The number of benzene rings is 1. The second kappa shape index (κ2) is 4.26. The van der Waals surface area contributed by atoms with Crippen LogP contribution in [0.25, 0.3) is 0 Å². The molecule has 1 aromatic carbocycles. The highest BCUT2D eigenvalue weighted by Crippen LogP contribution is 2.37. The number of aryl methyl sites for hydroxylation is 1. The van der Waals surface area contributed by atoms with Gasteiger partial charge in [-0.15, -0.1) is 0 Å². The molecule has 0 aliphatic heterocycles. The van der Waals surface area contributed by atoms with E-state index in [0.717, 1.165) is 18.4 Å². The van der Waals surface area contributed by atoms with E-state index in [1.807, 2.05) is 7.05 Å². The number of ketones is 1. The lowest BCUT2D eigenvalue weighted by atomic mass is 9.70. The summed E-state index contributed by atoms with van der Waals surface area (Å²) in [7, 11) is 1.87. The smallest absolute Gasteiger partial charge is 0.180 e. The maximum atomic E-state index is 12.3. The summed E-state index contributed by atoms with van der Waals surface area (Å²) in [6.45, 7) is 6.55. The van der Waals surface area contributed by atoms with Crippen molar-refractivity contribution in [1.29, 1.82) is 0 Å². The van der Waals surface area contributed by atoms with Crippen molar-refractivity contribution in [1.82, 2.24) is 5.32 Å². The number of hydrogen-bond acceptors (Lipinski definition) is 2. The summed E-state index contributed by atoms with van der Waals surface area (Å²) in [5.41, 5.74) is 3.43. The van der Waals surface area contributed by atoms with Crippen LogP contribution in [0.15, 0.2) is 18.2 Å². The van der Waals surface area contributed by atoms with Crippen molar-refractivity contribution >= 4 is 5.78 Å². The van der Waals surface area contributed by atoms with Gasteiger partial charge in [0.15, 0.2) is 5.78 Å². The Kier molecular flexibility index (Phi) is 3.09. The van der Waals surface area contributed by atoms with Gasteiger partial charge in [-0.05, 0) is 42.5 Å². The van der Waals surface area contributed by atoms with Crippen LogP contribution in [0.2, 0.25) is 0 Å². The molecule has 1 aliphatic rings. The van der Waals surface area contributed by atoms with Crippen molar-refractivity contribution in [2.75, 3.05) is 7.05 Å². The third kappa shape index (κ3) is 2.02. The topological polar surface area (TPSA) is 29.1 Å². The van der Waals surface area contributed by atoms with Crippen LogP contribution in [0.1, 0.15) is 48.7 Å². The predicted octanol–water partition coefficient (Wildman–Crippen LogP) is 2.70. The highest BCUT2D eigenvalue weighted by Gasteiger charge is 2.37. The average Bonchev–Trinajstić information content (AvgIpc) is 2.33. The van der Waals surface area contributed by atoms with Gasteiger partial charge in [0.2, 0.25) is 0 Å². The first-order valence-electron chi connectivity index (χ1n) is 6.34. The van der Waals surface area contributed by atoms with Gasteiger partial charge in [-0.3, -0.25) is 4.79 Å². The van der Waals surface area contributed by atoms with Gasteiger partial charge in [-0.2, -0.15) is 0 Å². The lowest BCUT2D eigenvalue weighted by Crippen LogP contribution is -2.44. The number of Topliss-reactive ketones (excluding diaryl/α,β-unsaturated/α-hetero) is 1. The second-order valence-corrected chi connectivity index (χ2v) is 5.53. The number of rotatable bonds is 2. The van der Waals surface area contributed by atoms with Crippen LogP contribution in [-0.4, -0.2) is 18.9 Å². The largest absolute Gasteiger partial charge is 0.310 e. The summed E-state index contributed by atoms with van der Waals surface area (Å²) < 4.78 is 0. The first-order valence-corrected chi connectivity index (χ1v) is 6.34. The Labute approximate surface area is 103 Å². The molecule has 0 saturated carbocycles. The molecule has 1 aromatic rings. The number of carbonyl (C=O) groups is 1. The van der Waals surface area contributed by atoms with Gasteiger partial charge in [0.25, 0.3) is 0 Å². The van der Waals surface area contributed by atoms with E-state index < -0.39 is 0 Å². The molecule has 0 radical (unpaired) electrons.